The highest BCUT2D eigenvalue weighted by molar-refractivity contribution is 6.22. The number of hydrogen-bond acceptors (Lipinski definition) is 4. The van der Waals surface area contributed by atoms with Crippen LogP contribution in [0.2, 0.25) is 0 Å². The second kappa shape index (κ2) is 5.08. The van der Waals surface area contributed by atoms with E-state index in [0.717, 1.165) is 7.11 Å². The maximum absolute atomic E-state index is 13.1. The number of alkyl halides is 5. The third kappa shape index (κ3) is 3.16. The van der Waals surface area contributed by atoms with Gasteiger partial charge in [-0.15, -0.1) is 0 Å². The number of rotatable bonds is 3. The van der Waals surface area contributed by atoms with Gasteiger partial charge in [0.05, 0.1) is 12.8 Å². The second-order valence-electron chi connectivity index (χ2n) is 3.19. The molecule has 0 atom stereocenters. The summed E-state index contributed by atoms with van der Waals surface area (Å²) in [5.41, 5.74) is -2.74. The maximum atomic E-state index is 13.1. The first-order chi connectivity index (χ1) is 8.59. The third-order valence-electron chi connectivity index (χ3n) is 1.93. The summed E-state index contributed by atoms with van der Waals surface area (Å²) in [6, 6.07) is 1.05. The van der Waals surface area contributed by atoms with E-state index >= 15 is 0 Å². The molecule has 0 amide bonds. The summed E-state index contributed by atoms with van der Waals surface area (Å²) < 4.78 is 59.5. The van der Waals surface area contributed by atoms with Gasteiger partial charge in [0.2, 0.25) is 0 Å². The van der Waals surface area contributed by atoms with Gasteiger partial charge in [-0.3, -0.25) is 4.79 Å². The maximum Gasteiger partial charge on any atom is 0.513 e. The number of hydrogen-bond donors (Lipinski definition) is 1. The molecule has 0 bridgehead atoms. The zero-order chi connectivity index (χ0) is 14.8. The Labute approximate surface area is 108 Å². The fourth-order valence-electron chi connectivity index (χ4n) is 1.01. The highest BCUT2D eigenvalue weighted by Gasteiger charge is 2.57. The van der Waals surface area contributed by atoms with Crippen molar-refractivity contribution in [3.8, 4) is 5.75 Å². The standard InChI is InChI=1S/C9H6ClF4NO4/c1-18-7(17)19-4-2-3-5(15-6(4)16)8(11,12)9(10,13)14/h2-3H,1H3,(H,15,16). The van der Waals surface area contributed by atoms with Crippen molar-refractivity contribution >= 4 is 17.8 Å². The summed E-state index contributed by atoms with van der Waals surface area (Å²) in [5.74, 6) is -5.48. The minimum Gasteiger partial charge on any atom is -0.437 e. The summed E-state index contributed by atoms with van der Waals surface area (Å²) in [6.07, 6.45) is -1.27. The molecule has 0 aromatic carbocycles. The molecule has 1 heterocycles. The molecule has 0 saturated carbocycles. The number of nitrogens with one attached hydrogen (secondary N) is 1. The molecule has 0 saturated heterocycles. The number of halogens is 5. The Hall–Kier alpha value is -1.77. The van der Waals surface area contributed by atoms with Crippen LogP contribution in [0.15, 0.2) is 16.9 Å². The molecule has 106 valence electrons. The number of carbonyl (C=O) groups is 1. The normalized spacial score (nSPS) is 12.1. The quantitative estimate of drug-likeness (QED) is 0.529. The van der Waals surface area contributed by atoms with E-state index in [9.17, 15) is 27.2 Å². The number of carbonyl (C=O) groups excluding carboxylic acids is 1. The highest BCUT2D eigenvalue weighted by atomic mass is 35.5. The first kappa shape index (κ1) is 15.3. The Kier molecular flexibility index (Phi) is 4.09. The predicted molar refractivity (Wildman–Crippen MR) is 54.8 cm³/mol. The first-order valence-corrected chi connectivity index (χ1v) is 4.91. The summed E-state index contributed by atoms with van der Waals surface area (Å²) in [7, 11) is 0.951. The van der Waals surface area contributed by atoms with Gasteiger partial charge in [0.1, 0.15) is 0 Å². The van der Waals surface area contributed by atoms with Crippen molar-refractivity contribution in [1.29, 1.82) is 0 Å². The van der Waals surface area contributed by atoms with Crippen LogP contribution in [0.1, 0.15) is 5.69 Å². The van der Waals surface area contributed by atoms with Gasteiger partial charge < -0.3 is 14.5 Å². The van der Waals surface area contributed by atoms with Crippen LogP contribution in [0.3, 0.4) is 0 Å². The average Bonchev–Trinajstić information content (AvgIpc) is 2.29. The summed E-state index contributed by atoms with van der Waals surface area (Å²) in [6.45, 7) is 0. The van der Waals surface area contributed by atoms with Crippen LogP contribution in [0.5, 0.6) is 5.75 Å². The van der Waals surface area contributed by atoms with Crippen LogP contribution in [0.4, 0.5) is 22.4 Å². The molecule has 10 heteroatoms. The van der Waals surface area contributed by atoms with Gasteiger partial charge in [0, 0.05) is 0 Å². The van der Waals surface area contributed by atoms with E-state index in [1.807, 2.05) is 0 Å². The van der Waals surface area contributed by atoms with Crippen LogP contribution in [-0.2, 0) is 10.7 Å². The number of methoxy groups -OCH3 is 1. The van der Waals surface area contributed by atoms with Crippen LogP contribution < -0.4 is 10.3 Å². The smallest absolute Gasteiger partial charge is 0.437 e. The molecule has 0 unspecified atom stereocenters. The molecular formula is C9H6ClF4NO4. The molecule has 1 rings (SSSR count). The fraction of sp³-hybridized carbons (Fsp3) is 0.333. The van der Waals surface area contributed by atoms with Crippen molar-refractivity contribution in [2.75, 3.05) is 7.11 Å². The van der Waals surface area contributed by atoms with Crippen molar-refractivity contribution < 1.29 is 31.8 Å². The molecule has 0 aliphatic heterocycles. The van der Waals surface area contributed by atoms with E-state index in [0.29, 0.717) is 12.1 Å². The van der Waals surface area contributed by atoms with Crippen molar-refractivity contribution in [3.63, 3.8) is 0 Å². The van der Waals surface area contributed by atoms with Crippen molar-refractivity contribution in [2.24, 2.45) is 0 Å². The van der Waals surface area contributed by atoms with Crippen LogP contribution in [0, 0.1) is 0 Å². The SMILES string of the molecule is COC(=O)Oc1ccc(C(F)(F)C(F)(F)Cl)[nH]c1=O. The van der Waals surface area contributed by atoms with E-state index in [2.05, 4.69) is 21.1 Å². The van der Waals surface area contributed by atoms with Gasteiger partial charge in [-0.1, -0.05) is 0 Å². The molecular weight excluding hydrogens is 298 g/mol. The van der Waals surface area contributed by atoms with E-state index in [1.54, 1.807) is 0 Å². The minimum atomic E-state index is -4.89. The number of aromatic amines is 1. The summed E-state index contributed by atoms with van der Waals surface area (Å²) in [5, 5.41) is -4.89. The Bertz CT molecular complexity index is 540. The van der Waals surface area contributed by atoms with Crippen molar-refractivity contribution in [3.05, 3.63) is 28.2 Å². The van der Waals surface area contributed by atoms with Crippen LogP contribution in [-0.4, -0.2) is 23.6 Å². The molecule has 0 fully saturated rings. The van der Waals surface area contributed by atoms with E-state index in [-0.39, 0.29) is 0 Å². The largest absolute Gasteiger partial charge is 0.513 e. The summed E-state index contributed by atoms with van der Waals surface area (Å²) in [4.78, 5) is 23.4. The topological polar surface area (TPSA) is 68.4 Å². The lowest BCUT2D eigenvalue weighted by Gasteiger charge is -2.20. The van der Waals surface area contributed by atoms with Gasteiger partial charge in [-0.25, -0.2) is 4.79 Å². The van der Waals surface area contributed by atoms with Gasteiger partial charge >= 0.3 is 17.5 Å². The molecule has 0 radical (unpaired) electrons. The van der Waals surface area contributed by atoms with Crippen LogP contribution >= 0.6 is 11.6 Å². The molecule has 1 aromatic heterocycles. The monoisotopic (exact) mass is 303 g/mol. The lowest BCUT2D eigenvalue weighted by Crippen LogP contribution is -2.35. The summed E-state index contributed by atoms with van der Waals surface area (Å²) >= 11 is 4.25. The van der Waals surface area contributed by atoms with E-state index in [1.165, 1.54) is 4.98 Å². The molecule has 1 N–H and O–H groups in total. The molecule has 0 aliphatic rings. The van der Waals surface area contributed by atoms with Crippen LogP contribution in [0.25, 0.3) is 0 Å². The predicted octanol–water partition coefficient (Wildman–Crippen LogP) is 2.44. The van der Waals surface area contributed by atoms with E-state index in [4.69, 9.17) is 0 Å². The highest BCUT2D eigenvalue weighted by Crippen LogP contribution is 2.44. The van der Waals surface area contributed by atoms with Crippen molar-refractivity contribution in [2.45, 2.75) is 11.3 Å². The molecule has 19 heavy (non-hydrogen) atoms. The minimum absolute atomic E-state index is 0.440. The molecule has 1 aromatic rings. The Morgan fingerprint density at radius 2 is 1.89 bits per heavy atom. The van der Waals surface area contributed by atoms with Crippen molar-refractivity contribution in [1.82, 2.24) is 4.98 Å². The Morgan fingerprint density at radius 1 is 1.32 bits per heavy atom. The third-order valence-corrected chi connectivity index (χ3v) is 2.16. The number of ether oxygens (including phenoxy) is 2. The molecule has 0 spiro atoms. The fourth-order valence-corrected chi connectivity index (χ4v) is 1.11. The first-order valence-electron chi connectivity index (χ1n) is 4.53. The van der Waals surface area contributed by atoms with Gasteiger partial charge in [0.15, 0.2) is 5.75 Å². The zero-order valence-electron chi connectivity index (χ0n) is 9.18. The lowest BCUT2D eigenvalue weighted by atomic mass is 10.2. The zero-order valence-corrected chi connectivity index (χ0v) is 9.93. The number of aromatic nitrogens is 1. The number of pyridine rings is 1. The lowest BCUT2D eigenvalue weighted by molar-refractivity contribution is -0.166. The van der Waals surface area contributed by atoms with E-state index < -0.39 is 34.5 Å². The average molecular weight is 304 g/mol. The number of H-pyrrole nitrogens is 1. The molecule has 0 aliphatic carbocycles. The second-order valence-corrected chi connectivity index (χ2v) is 3.67. The van der Waals surface area contributed by atoms with Gasteiger partial charge in [0.25, 0.3) is 5.56 Å². The van der Waals surface area contributed by atoms with Gasteiger partial charge in [-0.05, 0) is 23.7 Å². The van der Waals surface area contributed by atoms with Gasteiger partial charge in [-0.2, -0.15) is 17.6 Å². The Morgan fingerprint density at radius 3 is 2.32 bits per heavy atom. The molecule has 5 nitrogen and oxygen atoms in total. The Balaban J connectivity index is 3.14.